The molecular weight excluding hydrogens is 169 g/mol. The molecule has 0 aliphatic carbocycles. The van der Waals surface area contributed by atoms with Gasteiger partial charge in [-0.15, -0.1) is 0 Å². The standard InChI is InChI=1S/C10H14FNO/c11-7-10(13)9(12)6-8-4-2-1-3-5-8/h1-5,9-10,13H,6-7,12H2/t9-,10-/m0/s1. The van der Waals surface area contributed by atoms with Gasteiger partial charge in [-0.25, -0.2) is 4.39 Å². The summed E-state index contributed by atoms with van der Waals surface area (Å²) in [4.78, 5) is 0. The van der Waals surface area contributed by atoms with Crippen LogP contribution in [0.2, 0.25) is 0 Å². The maximum atomic E-state index is 12.0. The van der Waals surface area contributed by atoms with E-state index in [2.05, 4.69) is 0 Å². The van der Waals surface area contributed by atoms with Crippen molar-refractivity contribution in [2.24, 2.45) is 5.73 Å². The smallest absolute Gasteiger partial charge is 0.117 e. The number of aliphatic hydroxyl groups excluding tert-OH is 1. The topological polar surface area (TPSA) is 46.2 Å². The Morgan fingerprint density at radius 1 is 1.31 bits per heavy atom. The summed E-state index contributed by atoms with van der Waals surface area (Å²) >= 11 is 0. The molecule has 0 bridgehead atoms. The number of hydrogen-bond acceptors (Lipinski definition) is 2. The third kappa shape index (κ3) is 3.13. The van der Waals surface area contributed by atoms with Gasteiger partial charge in [-0.2, -0.15) is 0 Å². The van der Waals surface area contributed by atoms with E-state index in [-0.39, 0.29) is 0 Å². The van der Waals surface area contributed by atoms with E-state index in [1.165, 1.54) is 0 Å². The van der Waals surface area contributed by atoms with Gasteiger partial charge in [-0.05, 0) is 12.0 Å². The molecule has 1 aromatic carbocycles. The number of halogens is 1. The number of benzene rings is 1. The van der Waals surface area contributed by atoms with Crippen molar-refractivity contribution >= 4 is 0 Å². The first-order valence-corrected chi connectivity index (χ1v) is 4.27. The Kier molecular flexibility index (Phi) is 3.86. The van der Waals surface area contributed by atoms with Gasteiger partial charge in [0.1, 0.15) is 6.67 Å². The van der Waals surface area contributed by atoms with Gasteiger partial charge < -0.3 is 10.8 Å². The van der Waals surface area contributed by atoms with Crippen molar-refractivity contribution in [1.82, 2.24) is 0 Å². The highest BCUT2D eigenvalue weighted by atomic mass is 19.1. The fourth-order valence-corrected chi connectivity index (χ4v) is 1.14. The van der Waals surface area contributed by atoms with Crippen molar-refractivity contribution in [2.75, 3.05) is 6.67 Å². The Bertz CT molecular complexity index is 240. The lowest BCUT2D eigenvalue weighted by atomic mass is 10.0. The highest BCUT2D eigenvalue weighted by Gasteiger charge is 2.14. The third-order valence-electron chi connectivity index (χ3n) is 1.97. The lowest BCUT2D eigenvalue weighted by molar-refractivity contribution is 0.113. The van der Waals surface area contributed by atoms with Crippen LogP contribution in [0.4, 0.5) is 4.39 Å². The average Bonchev–Trinajstić information content (AvgIpc) is 2.18. The molecule has 0 saturated carbocycles. The average molecular weight is 183 g/mol. The highest BCUT2D eigenvalue weighted by molar-refractivity contribution is 5.16. The van der Waals surface area contributed by atoms with Crippen molar-refractivity contribution in [3.63, 3.8) is 0 Å². The number of alkyl halides is 1. The van der Waals surface area contributed by atoms with E-state index in [1.807, 2.05) is 30.3 Å². The first-order valence-electron chi connectivity index (χ1n) is 4.27. The molecule has 0 aliphatic heterocycles. The molecule has 2 atom stereocenters. The second kappa shape index (κ2) is 4.94. The zero-order valence-electron chi connectivity index (χ0n) is 7.36. The molecule has 1 aromatic rings. The molecule has 0 radical (unpaired) electrons. The lowest BCUT2D eigenvalue weighted by Crippen LogP contribution is -2.37. The molecular formula is C10H14FNO. The number of nitrogens with two attached hydrogens (primary N) is 1. The van der Waals surface area contributed by atoms with Crippen molar-refractivity contribution < 1.29 is 9.50 Å². The summed E-state index contributed by atoms with van der Waals surface area (Å²) < 4.78 is 12.0. The summed E-state index contributed by atoms with van der Waals surface area (Å²) in [5, 5.41) is 9.09. The summed E-state index contributed by atoms with van der Waals surface area (Å²) in [6.45, 7) is -0.784. The van der Waals surface area contributed by atoms with E-state index >= 15 is 0 Å². The van der Waals surface area contributed by atoms with Crippen molar-refractivity contribution in [3.8, 4) is 0 Å². The monoisotopic (exact) mass is 183 g/mol. The molecule has 0 amide bonds. The van der Waals surface area contributed by atoms with Crippen LogP contribution in [-0.4, -0.2) is 23.9 Å². The second-order valence-corrected chi connectivity index (χ2v) is 3.08. The minimum Gasteiger partial charge on any atom is -0.389 e. The Morgan fingerprint density at radius 3 is 2.46 bits per heavy atom. The van der Waals surface area contributed by atoms with E-state index in [0.29, 0.717) is 6.42 Å². The quantitative estimate of drug-likeness (QED) is 0.728. The van der Waals surface area contributed by atoms with Gasteiger partial charge in [0.25, 0.3) is 0 Å². The summed E-state index contributed by atoms with van der Waals surface area (Å²) in [6, 6.07) is 8.98. The minimum atomic E-state index is -1.06. The summed E-state index contributed by atoms with van der Waals surface area (Å²) in [5.41, 5.74) is 6.59. The first-order chi connectivity index (χ1) is 6.24. The summed E-state index contributed by atoms with van der Waals surface area (Å²) in [7, 11) is 0. The van der Waals surface area contributed by atoms with E-state index in [0.717, 1.165) is 5.56 Å². The van der Waals surface area contributed by atoms with Gasteiger partial charge in [0.15, 0.2) is 0 Å². The molecule has 72 valence electrons. The van der Waals surface area contributed by atoms with Crippen molar-refractivity contribution in [2.45, 2.75) is 18.6 Å². The van der Waals surface area contributed by atoms with Crippen molar-refractivity contribution in [1.29, 1.82) is 0 Å². The molecule has 0 unspecified atom stereocenters. The number of aliphatic hydroxyl groups is 1. The minimum absolute atomic E-state index is 0.506. The van der Waals surface area contributed by atoms with E-state index in [9.17, 15) is 4.39 Å². The molecule has 0 fully saturated rings. The fourth-order valence-electron chi connectivity index (χ4n) is 1.14. The number of hydrogen-bond donors (Lipinski definition) is 2. The molecule has 1 rings (SSSR count). The summed E-state index contributed by atoms with van der Waals surface area (Å²) in [6.07, 6.45) is -0.549. The Balaban J connectivity index is 2.50. The zero-order chi connectivity index (χ0) is 9.68. The highest BCUT2D eigenvalue weighted by Crippen LogP contribution is 2.04. The fraction of sp³-hybridized carbons (Fsp3) is 0.400. The molecule has 0 aliphatic rings. The largest absolute Gasteiger partial charge is 0.389 e. The maximum Gasteiger partial charge on any atom is 0.117 e. The van der Waals surface area contributed by atoms with Gasteiger partial charge >= 0.3 is 0 Å². The predicted molar refractivity (Wildman–Crippen MR) is 50.1 cm³/mol. The van der Waals surface area contributed by atoms with E-state index in [1.54, 1.807) is 0 Å². The molecule has 3 heteroatoms. The third-order valence-corrected chi connectivity index (χ3v) is 1.97. The van der Waals surface area contributed by atoms with Crippen LogP contribution in [0.1, 0.15) is 5.56 Å². The maximum absolute atomic E-state index is 12.0. The van der Waals surface area contributed by atoms with Crippen LogP contribution in [0.5, 0.6) is 0 Å². The molecule has 13 heavy (non-hydrogen) atoms. The van der Waals surface area contributed by atoms with Crippen LogP contribution in [0.25, 0.3) is 0 Å². The normalized spacial score (nSPS) is 15.3. The Hall–Kier alpha value is -0.930. The lowest BCUT2D eigenvalue weighted by Gasteiger charge is -2.15. The predicted octanol–water partition coefficient (Wildman–Crippen LogP) is 0.887. The van der Waals surface area contributed by atoms with Crippen LogP contribution in [0.3, 0.4) is 0 Å². The van der Waals surface area contributed by atoms with Crippen LogP contribution < -0.4 is 5.73 Å². The van der Waals surface area contributed by atoms with Crippen LogP contribution >= 0.6 is 0 Å². The van der Waals surface area contributed by atoms with E-state index in [4.69, 9.17) is 10.8 Å². The van der Waals surface area contributed by atoms with Crippen LogP contribution in [0, 0.1) is 0 Å². The molecule has 3 N–H and O–H groups in total. The van der Waals surface area contributed by atoms with Gasteiger partial charge in [0, 0.05) is 6.04 Å². The molecule has 0 saturated heterocycles. The van der Waals surface area contributed by atoms with Crippen molar-refractivity contribution in [3.05, 3.63) is 35.9 Å². The zero-order valence-corrected chi connectivity index (χ0v) is 7.36. The Labute approximate surface area is 77.2 Å². The Morgan fingerprint density at radius 2 is 1.92 bits per heavy atom. The first kappa shape index (κ1) is 10.2. The van der Waals surface area contributed by atoms with Gasteiger partial charge in [0.05, 0.1) is 6.10 Å². The van der Waals surface area contributed by atoms with Crippen LogP contribution in [-0.2, 0) is 6.42 Å². The van der Waals surface area contributed by atoms with Gasteiger partial charge in [0.2, 0.25) is 0 Å². The number of rotatable bonds is 4. The van der Waals surface area contributed by atoms with Crippen LogP contribution in [0.15, 0.2) is 30.3 Å². The summed E-state index contributed by atoms with van der Waals surface area (Å²) in [5.74, 6) is 0. The van der Waals surface area contributed by atoms with E-state index < -0.39 is 18.8 Å². The molecule has 2 nitrogen and oxygen atoms in total. The van der Waals surface area contributed by atoms with Gasteiger partial charge in [-0.3, -0.25) is 0 Å². The second-order valence-electron chi connectivity index (χ2n) is 3.08. The molecule has 0 spiro atoms. The molecule has 0 aromatic heterocycles. The molecule has 0 heterocycles. The van der Waals surface area contributed by atoms with Gasteiger partial charge in [-0.1, -0.05) is 30.3 Å². The SMILES string of the molecule is N[C@@H](Cc1ccccc1)[C@@H](O)CF.